The second kappa shape index (κ2) is 11.1. The van der Waals surface area contributed by atoms with Crippen LogP contribution in [-0.4, -0.2) is 74.3 Å². The maximum absolute atomic E-state index is 5.48. The molecule has 1 aromatic rings. The Bertz CT molecular complexity index is 575. The van der Waals surface area contributed by atoms with Crippen molar-refractivity contribution >= 4 is 29.9 Å². The summed E-state index contributed by atoms with van der Waals surface area (Å²) in [6, 6.07) is 9.37. The highest BCUT2D eigenvalue weighted by atomic mass is 127. The minimum absolute atomic E-state index is 0. The number of rotatable bonds is 5. The van der Waals surface area contributed by atoms with Gasteiger partial charge in [-0.2, -0.15) is 0 Å². The van der Waals surface area contributed by atoms with Crippen LogP contribution >= 0.6 is 24.0 Å². The van der Waals surface area contributed by atoms with Crippen molar-refractivity contribution in [3.63, 3.8) is 0 Å². The second-order valence-corrected chi connectivity index (χ2v) is 7.01. The molecule has 0 radical (unpaired) electrons. The Labute approximate surface area is 175 Å². The van der Waals surface area contributed by atoms with Gasteiger partial charge in [-0.25, -0.2) is 0 Å². The number of aryl methyl sites for hydroxylation is 1. The van der Waals surface area contributed by atoms with E-state index in [2.05, 4.69) is 53.2 Å². The Kier molecular flexibility index (Phi) is 9.15. The summed E-state index contributed by atoms with van der Waals surface area (Å²) in [4.78, 5) is 9.90. The molecule has 0 amide bonds. The molecular formula is C20H33IN4O. The molecular weight excluding hydrogens is 439 g/mol. The smallest absolute Gasteiger partial charge is 0.193 e. The molecule has 0 saturated carbocycles. The first-order chi connectivity index (χ1) is 12.3. The number of nitrogens with one attached hydrogen (secondary N) is 1. The Morgan fingerprint density at radius 2 is 2.08 bits per heavy atom. The van der Waals surface area contributed by atoms with Crippen molar-refractivity contribution in [3.8, 4) is 0 Å². The first-order valence-electron chi connectivity index (χ1n) is 9.67. The summed E-state index contributed by atoms with van der Waals surface area (Å²) < 4.78 is 5.48. The Hall–Kier alpha value is -0.860. The number of benzene rings is 1. The van der Waals surface area contributed by atoms with E-state index in [1.807, 2.05) is 0 Å². The number of ether oxygens (including phenoxy) is 1. The lowest BCUT2D eigenvalue weighted by atomic mass is 10.1. The van der Waals surface area contributed by atoms with Crippen LogP contribution in [0.25, 0.3) is 0 Å². The van der Waals surface area contributed by atoms with Crippen LogP contribution in [0.15, 0.2) is 29.3 Å². The van der Waals surface area contributed by atoms with E-state index < -0.39 is 0 Å². The number of nitrogens with zero attached hydrogens (tertiary/aromatic N) is 3. The van der Waals surface area contributed by atoms with Gasteiger partial charge in [-0.15, -0.1) is 24.0 Å². The molecule has 2 saturated heterocycles. The predicted octanol–water partition coefficient (Wildman–Crippen LogP) is 2.53. The monoisotopic (exact) mass is 472 g/mol. The zero-order valence-corrected chi connectivity index (χ0v) is 18.4. The van der Waals surface area contributed by atoms with Crippen molar-refractivity contribution < 1.29 is 4.74 Å². The van der Waals surface area contributed by atoms with E-state index in [4.69, 9.17) is 9.73 Å². The minimum atomic E-state index is 0. The van der Waals surface area contributed by atoms with Crippen LogP contribution < -0.4 is 5.32 Å². The normalized spacial score (nSPS) is 21.5. The summed E-state index contributed by atoms with van der Waals surface area (Å²) in [6.45, 7) is 12.1. The topological polar surface area (TPSA) is 40.1 Å². The molecule has 1 atom stereocenters. The van der Waals surface area contributed by atoms with Crippen molar-refractivity contribution in [2.45, 2.75) is 32.7 Å². The van der Waals surface area contributed by atoms with Crippen LogP contribution in [0.2, 0.25) is 0 Å². The van der Waals surface area contributed by atoms with Crippen molar-refractivity contribution in [2.75, 3.05) is 52.5 Å². The first-order valence-corrected chi connectivity index (χ1v) is 9.67. The number of hydrogen-bond donors (Lipinski definition) is 1. The van der Waals surface area contributed by atoms with Gasteiger partial charge in [0.05, 0.1) is 13.2 Å². The Morgan fingerprint density at radius 3 is 2.81 bits per heavy atom. The molecule has 5 nitrogen and oxygen atoms in total. The lowest BCUT2D eigenvalue weighted by Crippen LogP contribution is -2.46. The molecule has 146 valence electrons. The highest BCUT2D eigenvalue weighted by Gasteiger charge is 2.30. The maximum Gasteiger partial charge on any atom is 0.193 e. The fourth-order valence-corrected chi connectivity index (χ4v) is 3.76. The van der Waals surface area contributed by atoms with Crippen molar-refractivity contribution in [1.82, 2.24) is 15.1 Å². The van der Waals surface area contributed by atoms with Crippen LogP contribution in [0.3, 0.4) is 0 Å². The van der Waals surface area contributed by atoms with Crippen molar-refractivity contribution in [3.05, 3.63) is 35.4 Å². The van der Waals surface area contributed by atoms with Crippen LogP contribution in [-0.2, 0) is 11.2 Å². The summed E-state index contributed by atoms with van der Waals surface area (Å²) in [5.74, 6) is 1.07. The fourth-order valence-electron chi connectivity index (χ4n) is 3.76. The predicted molar refractivity (Wildman–Crippen MR) is 119 cm³/mol. The molecule has 1 unspecified atom stereocenters. The minimum Gasteiger partial charge on any atom is -0.379 e. The maximum atomic E-state index is 5.48. The average molecular weight is 472 g/mol. The van der Waals surface area contributed by atoms with E-state index in [1.165, 1.54) is 17.5 Å². The Balaban J connectivity index is 0.00000243. The van der Waals surface area contributed by atoms with Gasteiger partial charge in [-0.1, -0.05) is 29.8 Å². The van der Waals surface area contributed by atoms with Gasteiger partial charge in [0.1, 0.15) is 0 Å². The van der Waals surface area contributed by atoms with Crippen LogP contribution in [0, 0.1) is 6.92 Å². The molecule has 2 aliphatic heterocycles. The van der Waals surface area contributed by atoms with Gasteiger partial charge < -0.3 is 15.0 Å². The SMILES string of the molecule is CCNC(=NCCc1cccc(C)c1)N1CCC(N2CCOCC2)C1.I. The third kappa shape index (κ3) is 6.09. The molecule has 0 aromatic heterocycles. The molecule has 3 rings (SSSR count). The zero-order valence-electron chi connectivity index (χ0n) is 16.1. The lowest BCUT2D eigenvalue weighted by Gasteiger charge is -2.32. The van der Waals surface area contributed by atoms with E-state index >= 15 is 0 Å². The number of hydrogen-bond acceptors (Lipinski definition) is 3. The summed E-state index contributed by atoms with van der Waals surface area (Å²) in [6.07, 6.45) is 2.22. The van der Waals surface area contributed by atoms with E-state index in [9.17, 15) is 0 Å². The van der Waals surface area contributed by atoms with Gasteiger partial charge in [0, 0.05) is 45.3 Å². The average Bonchev–Trinajstić information content (AvgIpc) is 3.12. The molecule has 2 heterocycles. The quantitative estimate of drug-likeness (QED) is 0.406. The van der Waals surface area contributed by atoms with E-state index in [0.29, 0.717) is 6.04 Å². The molecule has 0 aliphatic carbocycles. The number of morpholine rings is 1. The van der Waals surface area contributed by atoms with E-state index in [-0.39, 0.29) is 24.0 Å². The fraction of sp³-hybridized carbons (Fsp3) is 0.650. The highest BCUT2D eigenvalue weighted by Crippen LogP contribution is 2.17. The van der Waals surface area contributed by atoms with Gasteiger partial charge in [0.2, 0.25) is 0 Å². The Morgan fingerprint density at radius 1 is 1.27 bits per heavy atom. The molecule has 0 spiro atoms. The van der Waals surface area contributed by atoms with E-state index in [0.717, 1.165) is 64.9 Å². The lowest BCUT2D eigenvalue weighted by molar-refractivity contribution is 0.0195. The highest BCUT2D eigenvalue weighted by molar-refractivity contribution is 14.0. The third-order valence-corrected chi connectivity index (χ3v) is 5.10. The van der Waals surface area contributed by atoms with Gasteiger partial charge in [-0.3, -0.25) is 9.89 Å². The zero-order chi connectivity index (χ0) is 17.5. The van der Waals surface area contributed by atoms with Gasteiger partial charge in [-0.05, 0) is 32.3 Å². The van der Waals surface area contributed by atoms with Crippen LogP contribution in [0.4, 0.5) is 0 Å². The molecule has 2 aliphatic rings. The number of likely N-dealkylation sites (tertiary alicyclic amines) is 1. The molecule has 6 heteroatoms. The van der Waals surface area contributed by atoms with Crippen LogP contribution in [0.1, 0.15) is 24.5 Å². The largest absolute Gasteiger partial charge is 0.379 e. The number of halogens is 1. The number of guanidine groups is 1. The molecule has 1 aromatic carbocycles. The van der Waals surface area contributed by atoms with E-state index in [1.54, 1.807) is 0 Å². The van der Waals surface area contributed by atoms with Crippen molar-refractivity contribution in [1.29, 1.82) is 0 Å². The summed E-state index contributed by atoms with van der Waals surface area (Å²) in [7, 11) is 0. The molecule has 2 fully saturated rings. The van der Waals surface area contributed by atoms with Gasteiger partial charge in [0.25, 0.3) is 0 Å². The number of aliphatic imine (C=N–C) groups is 1. The molecule has 0 bridgehead atoms. The van der Waals surface area contributed by atoms with Gasteiger partial charge in [0.15, 0.2) is 5.96 Å². The third-order valence-electron chi connectivity index (χ3n) is 5.10. The van der Waals surface area contributed by atoms with Gasteiger partial charge >= 0.3 is 0 Å². The van der Waals surface area contributed by atoms with Crippen molar-refractivity contribution in [2.24, 2.45) is 4.99 Å². The summed E-state index contributed by atoms with van der Waals surface area (Å²) >= 11 is 0. The summed E-state index contributed by atoms with van der Waals surface area (Å²) in [5, 5.41) is 3.48. The summed E-state index contributed by atoms with van der Waals surface area (Å²) in [5.41, 5.74) is 2.69. The second-order valence-electron chi connectivity index (χ2n) is 7.01. The molecule has 1 N–H and O–H groups in total. The first kappa shape index (κ1) is 21.4. The molecule has 26 heavy (non-hydrogen) atoms. The van der Waals surface area contributed by atoms with Crippen LogP contribution in [0.5, 0.6) is 0 Å². The standard InChI is InChI=1S/C20H32N4O.HI/c1-3-21-20(22-9-7-18-6-4-5-17(2)15-18)24-10-8-19(16-24)23-11-13-25-14-12-23;/h4-6,15,19H,3,7-14,16H2,1-2H3,(H,21,22);1H.